The Labute approximate surface area is 114 Å². The first-order chi connectivity index (χ1) is 9.13. The van der Waals surface area contributed by atoms with Gasteiger partial charge < -0.3 is 9.47 Å². The van der Waals surface area contributed by atoms with Gasteiger partial charge in [-0.25, -0.2) is 0 Å². The van der Waals surface area contributed by atoms with E-state index in [1.54, 1.807) is 7.11 Å². The Morgan fingerprint density at radius 3 is 2.63 bits per heavy atom. The molecule has 0 aliphatic heterocycles. The fraction of sp³-hybridized carbons (Fsp3) is 0.733. The predicted octanol–water partition coefficient (Wildman–Crippen LogP) is 2.62. The molecule has 0 spiro atoms. The van der Waals surface area contributed by atoms with Crippen LogP contribution in [0.2, 0.25) is 0 Å². The molecule has 0 aromatic carbocycles. The van der Waals surface area contributed by atoms with E-state index in [0.29, 0.717) is 18.4 Å². The van der Waals surface area contributed by atoms with E-state index in [1.165, 1.54) is 7.11 Å². The molecule has 4 nitrogen and oxygen atoms in total. The summed E-state index contributed by atoms with van der Waals surface area (Å²) in [6, 6.07) is 0. The van der Waals surface area contributed by atoms with Gasteiger partial charge in [-0.3, -0.25) is 9.59 Å². The molecule has 4 heteroatoms. The van der Waals surface area contributed by atoms with Gasteiger partial charge in [-0.1, -0.05) is 26.2 Å². The summed E-state index contributed by atoms with van der Waals surface area (Å²) in [7, 11) is 2.96. The SMILES string of the molecule is CCC1=C(OC)[C@H]2CCCCC[C@]2(C(=O)OC)C1=O. The normalized spacial score (nSPS) is 30.9. The molecule has 19 heavy (non-hydrogen) atoms. The van der Waals surface area contributed by atoms with Crippen LogP contribution in [-0.4, -0.2) is 26.0 Å². The first kappa shape index (κ1) is 14.1. The molecule has 0 bridgehead atoms. The number of fused-ring (bicyclic) bond motifs is 1. The van der Waals surface area contributed by atoms with Crippen molar-refractivity contribution in [3.63, 3.8) is 0 Å². The largest absolute Gasteiger partial charge is 0.500 e. The summed E-state index contributed by atoms with van der Waals surface area (Å²) in [5, 5.41) is 0. The molecule has 0 saturated heterocycles. The zero-order valence-corrected chi connectivity index (χ0v) is 12.0. The van der Waals surface area contributed by atoms with E-state index >= 15 is 0 Å². The summed E-state index contributed by atoms with van der Waals surface area (Å²) in [6.45, 7) is 1.93. The summed E-state index contributed by atoms with van der Waals surface area (Å²) in [5.74, 6) is 0.141. The number of hydrogen-bond acceptors (Lipinski definition) is 4. The molecule has 2 aliphatic carbocycles. The van der Waals surface area contributed by atoms with E-state index in [0.717, 1.165) is 31.4 Å². The molecule has 0 radical (unpaired) electrons. The molecule has 0 heterocycles. The van der Waals surface area contributed by atoms with Crippen LogP contribution in [0.25, 0.3) is 0 Å². The smallest absolute Gasteiger partial charge is 0.320 e. The average molecular weight is 266 g/mol. The van der Waals surface area contributed by atoms with Crippen molar-refractivity contribution < 1.29 is 19.1 Å². The maximum absolute atomic E-state index is 12.8. The van der Waals surface area contributed by atoms with Gasteiger partial charge >= 0.3 is 5.97 Å². The van der Waals surface area contributed by atoms with Crippen molar-refractivity contribution in [2.24, 2.45) is 11.3 Å². The van der Waals surface area contributed by atoms with E-state index < -0.39 is 5.41 Å². The third kappa shape index (κ3) is 1.88. The zero-order chi connectivity index (χ0) is 14.0. The number of methoxy groups -OCH3 is 2. The van der Waals surface area contributed by atoms with Crippen LogP contribution in [0.5, 0.6) is 0 Å². The monoisotopic (exact) mass is 266 g/mol. The lowest BCUT2D eigenvalue weighted by Gasteiger charge is -2.30. The summed E-state index contributed by atoms with van der Waals surface area (Å²) in [6.07, 6.45) is 5.00. The Bertz CT molecular complexity index is 424. The van der Waals surface area contributed by atoms with Gasteiger partial charge in [0.1, 0.15) is 11.2 Å². The molecule has 0 aromatic heterocycles. The minimum Gasteiger partial charge on any atom is -0.500 e. The lowest BCUT2D eigenvalue weighted by molar-refractivity contribution is -0.160. The number of rotatable bonds is 3. The van der Waals surface area contributed by atoms with Crippen molar-refractivity contribution in [1.29, 1.82) is 0 Å². The molecular formula is C15H22O4. The molecule has 1 saturated carbocycles. The molecule has 2 aliphatic rings. The highest BCUT2D eigenvalue weighted by Crippen LogP contribution is 2.53. The van der Waals surface area contributed by atoms with Gasteiger partial charge in [0.25, 0.3) is 0 Å². The highest BCUT2D eigenvalue weighted by molar-refractivity contribution is 6.15. The molecule has 2 rings (SSSR count). The van der Waals surface area contributed by atoms with Gasteiger partial charge in [-0.2, -0.15) is 0 Å². The van der Waals surface area contributed by atoms with E-state index in [4.69, 9.17) is 9.47 Å². The Kier molecular flexibility index (Phi) is 3.97. The molecule has 0 aromatic rings. The first-order valence-electron chi connectivity index (χ1n) is 7.03. The van der Waals surface area contributed by atoms with E-state index in [1.807, 2.05) is 6.92 Å². The first-order valence-corrected chi connectivity index (χ1v) is 7.03. The number of ether oxygens (including phenoxy) is 2. The number of ketones is 1. The highest BCUT2D eigenvalue weighted by atomic mass is 16.5. The van der Waals surface area contributed by atoms with Gasteiger partial charge in [0, 0.05) is 11.5 Å². The van der Waals surface area contributed by atoms with Crippen LogP contribution >= 0.6 is 0 Å². The summed E-state index contributed by atoms with van der Waals surface area (Å²) < 4.78 is 10.4. The number of allylic oxidation sites excluding steroid dienone is 2. The second-order valence-electron chi connectivity index (χ2n) is 5.34. The number of esters is 1. The fourth-order valence-electron chi connectivity index (χ4n) is 3.69. The van der Waals surface area contributed by atoms with Crippen molar-refractivity contribution in [2.45, 2.75) is 45.4 Å². The van der Waals surface area contributed by atoms with Gasteiger partial charge in [0.15, 0.2) is 5.78 Å². The lowest BCUT2D eigenvalue weighted by Crippen LogP contribution is -2.43. The molecular weight excluding hydrogens is 244 g/mol. The number of Topliss-reactive ketones (excluding diaryl/α,β-unsaturated/α-hetero) is 1. The summed E-state index contributed by atoms with van der Waals surface area (Å²) in [5.41, 5.74) is -0.332. The van der Waals surface area contributed by atoms with Gasteiger partial charge in [-0.15, -0.1) is 0 Å². The Morgan fingerprint density at radius 1 is 1.32 bits per heavy atom. The van der Waals surface area contributed by atoms with Crippen LogP contribution in [0.3, 0.4) is 0 Å². The zero-order valence-electron chi connectivity index (χ0n) is 12.0. The van der Waals surface area contributed by atoms with E-state index in [9.17, 15) is 9.59 Å². The fourth-order valence-corrected chi connectivity index (χ4v) is 3.69. The van der Waals surface area contributed by atoms with E-state index in [2.05, 4.69) is 0 Å². The Hall–Kier alpha value is -1.32. The van der Waals surface area contributed by atoms with Crippen LogP contribution in [0.15, 0.2) is 11.3 Å². The van der Waals surface area contributed by atoms with Gasteiger partial charge in [0.05, 0.1) is 14.2 Å². The third-order valence-corrected chi connectivity index (χ3v) is 4.58. The molecule has 2 atom stereocenters. The standard InChI is InChI=1S/C15H22O4/c1-4-10-12(18-2)11-8-6-5-7-9-15(11,13(10)16)14(17)19-3/h11H,4-9H2,1-3H3/t11-,15-/m1/s1. The van der Waals surface area contributed by atoms with Crippen molar-refractivity contribution in [2.75, 3.05) is 14.2 Å². The maximum Gasteiger partial charge on any atom is 0.320 e. The Balaban J connectivity index is 2.53. The molecule has 0 unspecified atom stereocenters. The quantitative estimate of drug-likeness (QED) is 0.582. The average Bonchev–Trinajstić information content (AvgIpc) is 2.59. The molecule has 106 valence electrons. The van der Waals surface area contributed by atoms with E-state index in [-0.39, 0.29) is 17.7 Å². The van der Waals surface area contributed by atoms with Crippen molar-refractivity contribution in [3.8, 4) is 0 Å². The van der Waals surface area contributed by atoms with Gasteiger partial charge in [0.2, 0.25) is 0 Å². The predicted molar refractivity (Wildman–Crippen MR) is 70.4 cm³/mol. The van der Waals surface area contributed by atoms with Crippen LogP contribution in [0, 0.1) is 11.3 Å². The second-order valence-corrected chi connectivity index (χ2v) is 5.34. The minimum absolute atomic E-state index is 0.0643. The number of hydrogen-bond donors (Lipinski definition) is 0. The summed E-state index contributed by atoms with van der Waals surface area (Å²) in [4.78, 5) is 25.1. The number of carbonyl (C=O) groups excluding carboxylic acids is 2. The van der Waals surface area contributed by atoms with Crippen molar-refractivity contribution >= 4 is 11.8 Å². The lowest BCUT2D eigenvalue weighted by atomic mass is 9.72. The minimum atomic E-state index is -1.01. The van der Waals surface area contributed by atoms with Crippen molar-refractivity contribution in [1.82, 2.24) is 0 Å². The van der Waals surface area contributed by atoms with Crippen molar-refractivity contribution in [3.05, 3.63) is 11.3 Å². The van der Waals surface area contributed by atoms with Crippen LogP contribution in [0.1, 0.15) is 45.4 Å². The van der Waals surface area contributed by atoms with Crippen LogP contribution in [-0.2, 0) is 19.1 Å². The molecule has 0 N–H and O–H groups in total. The summed E-state index contributed by atoms with van der Waals surface area (Å²) >= 11 is 0. The maximum atomic E-state index is 12.8. The van der Waals surface area contributed by atoms with Gasteiger partial charge in [-0.05, 0) is 19.3 Å². The molecule has 0 amide bonds. The second kappa shape index (κ2) is 5.35. The number of carbonyl (C=O) groups is 2. The molecule has 1 fully saturated rings. The third-order valence-electron chi connectivity index (χ3n) is 4.58. The van der Waals surface area contributed by atoms with Crippen LogP contribution in [0.4, 0.5) is 0 Å². The highest BCUT2D eigenvalue weighted by Gasteiger charge is 2.60. The topological polar surface area (TPSA) is 52.6 Å². The van der Waals surface area contributed by atoms with Crippen LogP contribution < -0.4 is 0 Å². The Morgan fingerprint density at radius 2 is 2.05 bits per heavy atom.